The molecule has 10 atom stereocenters. The van der Waals surface area contributed by atoms with Gasteiger partial charge in [0.25, 0.3) is 5.91 Å². The van der Waals surface area contributed by atoms with Gasteiger partial charge >= 0.3 is 29.8 Å². The van der Waals surface area contributed by atoms with E-state index in [2.05, 4.69) is 4.74 Å². The number of hydrogen-bond acceptors (Lipinski definition) is 14. The van der Waals surface area contributed by atoms with Crippen molar-refractivity contribution in [1.82, 2.24) is 19.6 Å². The van der Waals surface area contributed by atoms with Crippen LogP contribution in [0.4, 0.5) is 0 Å². The van der Waals surface area contributed by atoms with Crippen molar-refractivity contribution in [2.45, 2.75) is 84.7 Å². The molecule has 0 aliphatic carbocycles. The van der Waals surface area contributed by atoms with E-state index in [-0.39, 0.29) is 104 Å². The van der Waals surface area contributed by atoms with Crippen molar-refractivity contribution in [2.75, 3.05) is 54.1 Å². The lowest BCUT2D eigenvalue weighted by Crippen LogP contribution is -2.43. The van der Waals surface area contributed by atoms with Gasteiger partial charge in [-0.25, -0.2) is 0 Å². The Bertz CT molecular complexity index is 2620. The minimum atomic E-state index is -1.81. The van der Waals surface area contributed by atoms with Crippen LogP contribution in [0.25, 0.3) is 0 Å². The zero-order valence-corrected chi connectivity index (χ0v) is 45.7. The first kappa shape index (κ1) is 60.9. The van der Waals surface area contributed by atoms with Gasteiger partial charge in [-0.15, -0.1) is 0 Å². The highest BCUT2D eigenvalue weighted by Gasteiger charge is 2.57. The number of carbonyl (C=O) groups excluding carboxylic acids is 8. The lowest BCUT2D eigenvalue weighted by Gasteiger charge is -2.27. The van der Waals surface area contributed by atoms with Crippen molar-refractivity contribution >= 4 is 53.5 Å². The number of amides is 4. The summed E-state index contributed by atoms with van der Waals surface area (Å²) in [6, 6.07) is 37.9. The molecule has 2 N–H and O–H groups in total. The Balaban J connectivity index is 0.000000192. The Hall–Kier alpha value is -7.93. The van der Waals surface area contributed by atoms with Crippen LogP contribution in [0.1, 0.15) is 101 Å². The zero-order valence-electron chi connectivity index (χ0n) is 45.7. The number of methoxy groups -OCH3 is 3. The number of nitrogens with zero attached hydrogens (tertiary/aromatic N) is 4. The van der Waals surface area contributed by atoms with Gasteiger partial charge in [-0.3, -0.25) is 43.2 Å². The first-order chi connectivity index (χ1) is 37.2. The monoisotopic (exact) mass is 1080 g/mol. The standard InChI is InChI=1S/C16H19NO5.C15H19NO3.C14H17NO4.C14H17NO3/c1-3-22-15(21)16(14(19)20)9-13(18)17(10-16)11(2)12-7-5-4-6-8-12;1-10-13(15(18)19-3)9-16(14(10)17)11(2)12-7-5-4-6-8-12;1-9(10-6-4-3-5-7-10)15-8-11(14(18)19-2)12(16)13(15)17;1-10(11-6-4-3-5-7-11)15-9-12(8-13(15)16)14(17)18-2/h4-8,11H,3,9-10H2,1-2H3,(H,19,20);4-8,10-11,13H,9H2,1-3H3;3-7,9,11-12,16H,8H2,1-2H3;3-7,10,12H,8-9H2,1-2H3/t11-,16+;10-,11+,13+;9-,11-,12+;10-,12+/m0100/s1. The lowest BCUT2D eigenvalue weighted by atomic mass is 9.87. The summed E-state index contributed by atoms with van der Waals surface area (Å²) in [6.45, 7) is 12.0. The smallest absolute Gasteiger partial charge is 0.325 e. The topological polar surface area (TPSA) is 244 Å². The molecule has 4 aromatic rings. The van der Waals surface area contributed by atoms with E-state index >= 15 is 0 Å². The molecule has 0 saturated carbocycles. The van der Waals surface area contributed by atoms with Crippen LogP contribution in [-0.4, -0.2) is 144 Å². The van der Waals surface area contributed by atoms with Crippen LogP contribution in [0, 0.1) is 29.1 Å². The molecule has 4 aliphatic heterocycles. The number of aliphatic carboxylic acids is 1. The third-order valence-corrected chi connectivity index (χ3v) is 15.0. The van der Waals surface area contributed by atoms with E-state index in [1.807, 2.05) is 149 Å². The van der Waals surface area contributed by atoms with E-state index in [9.17, 15) is 53.4 Å². The van der Waals surface area contributed by atoms with E-state index in [0.29, 0.717) is 13.1 Å². The van der Waals surface area contributed by atoms with Crippen LogP contribution in [0.2, 0.25) is 0 Å². The zero-order chi connectivity index (χ0) is 57.4. The lowest BCUT2D eigenvalue weighted by molar-refractivity contribution is -0.168. The summed E-state index contributed by atoms with van der Waals surface area (Å²) in [5, 5.41) is 19.3. The summed E-state index contributed by atoms with van der Waals surface area (Å²) in [6.07, 6.45) is -1.42. The van der Waals surface area contributed by atoms with Gasteiger partial charge in [0.15, 0.2) is 5.41 Å². The fourth-order valence-electron chi connectivity index (χ4n) is 9.98. The van der Waals surface area contributed by atoms with Gasteiger partial charge in [0.1, 0.15) is 12.0 Å². The van der Waals surface area contributed by atoms with Crippen LogP contribution >= 0.6 is 0 Å². The van der Waals surface area contributed by atoms with Crippen molar-refractivity contribution in [1.29, 1.82) is 0 Å². The molecule has 0 unspecified atom stereocenters. The highest BCUT2D eigenvalue weighted by Crippen LogP contribution is 2.39. The Morgan fingerprint density at radius 3 is 1.35 bits per heavy atom. The second-order valence-corrected chi connectivity index (χ2v) is 19.6. The fraction of sp³-hybridized carbons (Fsp3) is 0.441. The van der Waals surface area contributed by atoms with Gasteiger partial charge in [0.2, 0.25) is 17.7 Å². The molecule has 0 radical (unpaired) electrons. The summed E-state index contributed by atoms with van der Waals surface area (Å²) < 4.78 is 19.0. The third kappa shape index (κ3) is 14.2. The predicted octanol–water partition coefficient (Wildman–Crippen LogP) is 6.14. The minimum Gasteiger partial charge on any atom is -0.480 e. The van der Waals surface area contributed by atoms with Crippen molar-refractivity contribution in [3.05, 3.63) is 144 Å². The number of ether oxygens (including phenoxy) is 4. The normalized spacial score (nSPS) is 23.0. The molecule has 4 fully saturated rings. The highest BCUT2D eigenvalue weighted by atomic mass is 16.5. The Morgan fingerprint density at radius 2 is 0.936 bits per heavy atom. The van der Waals surface area contributed by atoms with Crippen molar-refractivity contribution < 1.29 is 72.3 Å². The Kier molecular flexibility index (Phi) is 21.8. The molecule has 4 aromatic carbocycles. The number of aliphatic hydroxyl groups excluding tert-OH is 1. The van der Waals surface area contributed by atoms with Crippen LogP contribution in [0.15, 0.2) is 121 Å². The summed E-state index contributed by atoms with van der Waals surface area (Å²) in [5.41, 5.74) is 2.20. The number of aliphatic hydroxyl groups is 1. The average molecular weight is 1080 g/mol. The van der Waals surface area contributed by atoms with Crippen LogP contribution in [0.3, 0.4) is 0 Å². The first-order valence-electron chi connectivity index (χ1n) is 25.9. The maximum atomic E-state index is 12.3. The van der Waals surface area contributed by atoms with Gasteiger partial charge in [0.05, 0.1) is 76.3 Å². The van der Waals surface area contributed by atoms with E-state index in [1.54, 1.807) is 23.6 Å². The number of esters is 4. The van der Waals surface area contributed by atoms with Gasteiger partial charge in [-0.05, 0) is 56.9 Å². The van der Waals surface area contributed by atoms with Crippen LogP contribution in [0.5, 0.6) is 0 Å². The predicted molar refractivity (Wildman–Crippen MR) is 284 cm³/mol. The summed E-state index contributed by atoms with van der Waals surface area (Å²) in [7, 11) is 3.97. The van der Waals surface area contributed by atoms with E-state index < -0.39 is 41.3 Å². The average Bonchev–Trinajstić information content (AvgIpc) is 4.21. The second kappa shape index (κ2) is 27.9. The molecule has 4 amide bonds. The number of likely N-dealkylation sites (tertiary alicyclic amines) is 4. The number of carbonyl (C=O) groups is 9. The van der Waals surface area contributed by atoms with Crippen LogP contribution in [-0.2, 0) is 62.1 Å². The number of rotatable bonds is 14. The quantitative estimate of drug-likeness (QED) is 0.0819. The SMILES string of the molecule is CCOC(=O)[C@]1(C(=O)O)CC(=O)N([C@@H](C)c2ccccc2)C1.COC(=O)[C@@H]1CC(=O)N([C@@H](C)c2ccccc2)C1.COC(=O)[C@H]1CN([C@@H](C)c2ccccc2)C(=O)[C@@H]1C.COC(=O)[C@H]1CN([C@@H](C)c2ccccc2)C(=O)[C@@H]1O. The fourth-order valence-corrected chi connectivity index (χ4v) is 9.98. The molecule has 19 heteroatoms. The van der Waals surface area contributed by atoms with Gasteiger partial charge in [-0.2, -0.15) is 0 Å². The van der Waals surface area contributed by atoms with E-state index in [4.69, 9.17) is 14.2 Å². The summed E-state index contributed by atoms with van der Waals surface area (Å²) >= 11 is 0. The number of carboxylic acids is 1. The van der Waals surface area contributed by atoms with Gasteiger partial charge in [-0.1, -0.05) is 128 Å². The molecule has 0 bridgehead atoms. The molecular formula is C59H72N4O15. The molecule has 4 heterocycles. The second-order valence-electron chi connectivity index (χ2n) is 19.6. The number of hydrogen-bond donors (Lipinski definition) is 2. The molecule has 0 spiro atoms. The van der Waals surface area contributed by atoms with E-state index in [0.717, 1.165) is 22.3 Å². The highest BCUT2D eigenvalue weighted by molar-refractivity contribution is 6.05. The summed E-state index contributed by atoms with van der Waals surface area (Å²) in [5.74, 6) is -5.86. The molecular weight excluding hydrogens is 1000 g/mol. The van der Waals surface area contributed by atoms with Gasteiger partial charge in [0, 0.05) is 32.6 Å². The third-order valence-electron chi connectivity index (χ3n) is 15.0. The van der Waals surface area contributed by atoms with E-state index in [1.165, 1.54) is 31.1 Å². The number of carboxylic acid groups (broad SMARTS) is 1. The maximum absolute atomic E-state index is 12.3. The maximum Gasteiger partial charge on any atom is 0.325 e. The molecule has 418 valence electrons. The Labute approximate surface area is 455 Å². The van der Waals surface area contributed by atoms with Crippen molar-refractivity contribution in [2.24, 2.45) is 29.1 Å². The Morgan fingerprint density at radius 1 is 0.551 bits per heavy atom. The first-order valence-corrected chi connectivity index (χ1v) is 25.9. The minimum absolute atomic E-state index is 0.00615. The molecule has 78 heavy (non-hydrogen) atoms. The molecule has 4 aliphatic rings. The van der Waals surface area contributed by atoms with Crippen molar-refractivity contribution in [3.63, 3.8) is 0 Å². The van der Waals surface area contributed by atoms with Crippen LogP contribution < -0.4 is 0 Å². The number of benzene rings is 4. The van der Waals surface area contributed by atoms with Gasteiger partial charge < -0.3 is 48.8 Å². The van der Waals surface area contributed by atoms with Crippen molar-refractivity contribution in [3.8, 4) is 0 Å². The molecule has 4 saturated heterocycles. The molecule has 19 nitrogen and oxygen atoms in total. The largest absolute Gasteiger partial charge is 0.480 e. The summed E-state index contributed by atoms with van der Waals surface area (Å²) in [4.78, 5) is 113. The molecule has 0 aromatic heterocycles. The molecule has 8 rings (SSSR count).